The summed E-state index contributed by atoms with van der Waals surface area (Å²) in [5.41, 5.74) is 2.74. The largest absolute Gasteiger partial charge is 0.361 e. The number of amides is 1. The summed E-state index contributed by atoms with van der Waals surface area (Å²) in [6, 6.07) is 9.47. The molecule has 28 heavy (non-hydrogen) atoms. The van der Waals surface area contributed by atoms with Crippen molar-refractivity contribution in [3.8, 4) is 0 Å². The molecule has 1 aromatic carbocycles. The first kappa shape index (κ1) is 17.2. The Balaban J connectivity index is 1.23. The van der Waals surface area contributed by atoms with Crippen molar-refractivity contribution in [3.05, 3.63) is 64.5 Å². The highest BCUT2D eigenvalue weighted by Crippen LogP contribution is 2.38. The zero-order chi connectivity index (χ0) is 19.1. The van der Waals surface area contributed by atoms with Crippen LogP contribution in [-0.2, 0) is 6.54 Å². The van der Waals surface area contributed by atoms with E-state index in [1.807, 2.05) is 35.4 Å². The number of piperidine rings is 1. The molecule has 0 radical (unpaired) electrons. The summed E-state index contributed by atoms with van der Waals surface area (Å²) in [6.45, 7) is 2.14. The Kier molecular flexibility index (Phi) is 4.26. The van der Waals surface area contributed by atoms with E-state index in [1.165, 1.54) is 0 Å². The van der Waals surface area contributed by atoms with Crippen molar-refractivity contribution < 1.29 is 4.79 Å². The average molecular weight is 376 g/mol. The van der Waals surface area contributed by atoms with Crippen molar-refractivity contribution >= 4 is 16.8 Å². The summed E-state index contributed by atoms with van der Waals surface area (Å²) in [6.07, 6.45) is 7.70. The number of benzene rings is 1. The standard InChI is InChI=1S/C22H24N4O2/c27-21-12-20(16-4-5-16)24-14-26(21)13-15-7-10-25(11-8-15)22(28)18-2-1-3-19-17(18)6-9-23-19/h1-3,6,9,12,14-16,23H,4-5,7-8,10-11,13H2. The molecule has 3 aromatic rings. The van der Waals surface area contributed by atoms with Crippen LogP contribution >= 0.6 is 0 Å². The van der Waals surface area contributed by atoms with Crippen LogP contribution in [0.5, 0.6) is 0 Å². The first-order chi connectivity index (χ1) is 13.7. The molecule has 2 aliphatic rings. The second kappa shape index (κ2) is 6.93. The number of rotatable bonds is 4. The molecule has 1 aliphatic heterocycles. The lowest BCUT2D eigenvalue weighted by molar-refractivity contribution is 0.0684. The monoisotopic (exact) mass is 376 g/mol. The van der Waals surface area contributed by atoms with E-state index in [1.54, 1.807) is 17.0 Å². The van der Waals surface area contributed by atoms with Crippen LogP contribution in [0.25, 0.3) is 10.9 Å². The van der Waals surface area contributed by atoms with Crippen LogP contribution < -0.4 is 5.56 Å². The van der Waals surface area contributed by atoms with E-state index in [4.69, 9.17) is 0 Å². The van der Waals surface area contributed by atoms with Crippen molar-refractivity contribution in [2.45, 2.75) is 38.1 Å². The minimum absolute atomic E-state index is 0.0505. The number of hydrogen-bond donors (Lipinski definition) is 1. The molecule has 0 atom stereocenters. The molecule has 3 heterocycles. The van der Waals surface area contributed by atoms with Crippen LogP contribution in [0.4, 0.5) is 0 Å². The summed E-state index contributed by atoms with van der Waals surface area (Å²) < 4.78 is 1.73. The Morgan fingerprint density at radius 1 is 1.14 bits per heavy atom. The molecule has 1 saturated carbocycles. The molecule has 1 N–H and O–H groups in total. The highest BCUT2D eigenvalue weighted by atomic mass is 16.2. The smallest absolute Gasteiger partial charge is 0.254 e. The van der Waals surface area contributed by atoms with Gasteiger partial charge in [0, 0.05) is 54.3 Å². The Bertz CT molecular complexity index is 1070. The molecule has 1 aliphatic carbocycles. The van der Waals surface area contributed by atoms with Crippen LogP contribution in [0, 0.1) is 5.92 Å². The third kappa shape index (κ3) is 3.23. The third-order valence-corrected chi connectivity index (χ3v) is 6.08. The van der Waals surface area contributed by atoms with E-state index in [9.17, 15) is 9.59 Å². The number of nitrogens with one attached hydrogen (secondary N) is 1. The Morgan fingerprint density at radius 2 is 1.96 bits per heavy atom. The van der Waals surface area contributed by atoms with E-state index in [0.29, 0.717) is 18.4 Å². The van der Waals surface area contributed by atoms with Gasteiger partial charge in [0.15, 0.2) is 0 Å². The van der Waals surface area contributed by atoms with Gasteiger partial charge in [0.1, 0.15) is 0 Å². The summed E-state index contributed by atoms with van der Waals surface area (Å²) in [4.78, 5) is 34.9. The second-order valence-corrected chi connectivity index (χ2v) is 8.06. The van der Waals surface area contributed by atoms with Crippen LogP contribution in [0.2, 0.25) is 0 Å². The number of aromatic amines is 1. The molecule has 5 rings (SSSR count). The molecule has 144 valence electrons. The van der Waals surface area contributed by atoms with Crippen molar-refractivity contribution in [2.24, 2.45) is 5.92 Å². The summed E-state index contributed by atoms with van der Waals surface area (Å²) in [5.74, 6) is 0.996. The van der Waals surface area contributed by atoms with Gasteiger partial charge in [-0.1, -0.05) is 6.07 Å². The molecule has 2 aromatic heterocycles. The van der Waals surface area contributed by atoms with Crippen LogP contribution in [0.3, 0.4) is 0 Å². The summed E-state index contributed by atoms with van der Waals surface area (Å²) >= 11 is 0. The maximum Gasteiger partial charge on any atom is 0.254 e. The molecule has 0 unspecified atom stereocenters. The number of nitrogens with zero attached hydrogens (tertiary/aromatic N) is 3. The van der Waals surface area contributed by atoms with Crippen molar-refractivity contribution in [2.75, 3.05) is 13.1 Å². The van der Waals surface area contributed by atoms with Gasteiger partial charge in [-0.05, 0) is 49.8 Å². The summed E-state index contributed by atoms with van der Waals surface area (Å²) in [5, 5.41) is 0.975. The molecule has 0 spiro atoms. The number of aromatic nitrogens is 3. The average Bonchev–Trinajstić information content (AvgIpc) is 3.46. The number of carbonyl (C=O) groups is 1. The third-order valence-electron chi connectivity index (χ3n) is 6.08. The van der Waals surface area contributed by atoms with Crippen molar-refractivity contribution in [1.82, 2.24) is 19.4 Å². The topological polar surface area (TPSA) is 71.0 Å². The SMILES string of the molecule is O=C(c1cccc2[nH]ccc12)N1CCC(Cn2cnc(C3CC3)cc2=O)CC1. The van der Waals surface area contributed by atoms with Gasteiger partial charge in [-0.25, -0.2) is 4.98 Å². The molecule has 1 saturated heterocycles. The Hall–Kier alpha value is -2.89. The first-order valence-corrected chi connectivity index (χ1v) is 10.1. The maximum absolute atomic E-state index is 13.0. The second-order valence-electron chi connectivity index (χ2n) is 8.06. The fourth-order valence-electron chi connectivity index (χ4n) is 4.22. The molecule has 6 nitrogen and oxygen atoms in total. The van der Waals surface area contributed by atoms with Gasteiger partial charge in [0.2, 0.25) is 0 Å². The van der Waals surface area contributed by atoms with Gasteiger partial charge < -0.3 is 9.88 Å². The Morgan fingerprint density at radius 3 is 2.71 bits per heavy atom. The van der Waals surface area contributed by atoms with Gasteiger partial charge in [0.05, 0.1) is 12.0 Å². The van der Waals surface area contributed by atoms with Crippen LogP contribution in [-0.4, -0.2) is 38.4 Å². The van der Waals surface area contributed by atoms with E-state index in [2.05, 4.69) is 9.97 Å². The van der Waals surface area contributed by atoms with Crippen LogP contribution in [0.15, 0.2) is 47.7 Å². The fourth-order valence-corrected chi connectivity index (χ4v) is 4.22. The van der Waals surface area contributed by atoms with Crippen molar-refractivity contribution in [1.29, 1.82) is 0 Å². The minimum atomic E-state index is 0.0505. The molecular formula is C22H24N4O2. The van der Waals surface area contributed by atoms with E-state index in [-0.39, 0.29) is 11.5 Å². The highest BCUT2D eigenvalue weighted by molar-refractivity contribution is 6.06. The normalized spacial score (nSPS) is 17.9. The molecule has 0 bridgehead atoms. The zero-order valence-electron chi connectivity index (χ0n) is 15.8. The molecule has 6 heteroatoms. The number of H-pyrrole nitrogens is 1. The van der Waals surface area contributed by atoms with E-state index >= 15 is 0 Å². The van der Waals surface area contributed by atoms with E-state index in [0.717, 1.165) is 60.9 Å². The summed E-state index contributed by atoms with van der Waals surface area (Å²) in [7, 11) is 0. The quantitative estimate of drug-likeness (QED) is 0.760. The van der Waals surface area contributed by atoms with Gasteiger partial charge in [-0.2, -0.15) is 0 Å². The number of fused-ring (bicyclic) bond motifs is 1. The van der Waals surface area contributed by atoms with Gasteiger partial charge in [0.25, 0.3) is 11.5 Å². The first-order valence-electron chi connectivity index (χ1n) is 10.1. The molecular weight excluding hydrogens is 352 g/mol. The highest BCUT2D eigenvalue weighted by Gasteiger charge is 2.27. The van der Waals surface area contributed by atoms with Crippen molar-refractivity contribution in [3.63, 3.8) is 0 Å². The Labute approximate surface area is 163 Å². The molecule has 1 amide bonds. The lowest BCUT2D eigenvalue weighted by atomic mass is 9.96. The van der Waals surface area contributed by atoms with Crippen LogP contribution in [0.1, 0.15) is 47.7 Å². The zero-order valence-corrected chi connectivity index (χ0v) is 15.8. The number of hydrogen-bond acceptors (Lipinski definition) is 3. The van der Waals surface area contributed by atoms with Gasteiger partial charge in [-0.3, -0.25) is 14.2 Å². The fraction of sp³-hybridized carbons (Fsp3) is 0.409. The maximum atomic E-state index is 13.0. The predicted octanol–water partition coefficient (Wildman–Crippen LogP) is 3.15. The number of likely N-dealkylation sites (tertiary alicyclic amines) is 1. The molecule has 2 fully saturated rings. The minimum Gasteiger partial charge on any atom is -0.361 e. The predicted molar refractivity (Wildman–Crippen MR) is 107 cm³/mol. The lowest BCUT2D eigenvalue weighted by Gasteiger charge is -2.32. The van der Waals surface area contributed by atoms with Gasteiger partial charge >= 0.3 is 0 Å². The van der Waals surface area contributed by atoms with E-state index < -0.39 is 0 Å². The lowest BCUT2D eigenvalue weighted by Crippen LogP contribution is -2.40. The number of carbonyl (C=O) groups excluding carboxylic acids is 1. The van der Waals surface area contributed by atoms with Gasteiger partial charge in [-0.15, -0.1) is 0 Å².